The normalized spacial score (nSPS) is 10.1. The number of nitrogens with two attached hydrogens (primary N) is 1. The Balaban J connectivity index is 1.46. The van der Waals surface area contributed by atoms with Crippen LogP contribution in [0.5, 0.6) is 0 Å². The van der Waals surface area contributed by atoms with Crippen molar-refractivity contribution in [2.24, 2.45) is 15.7 Å². The van der Waals surface area contributed by atoms with E-state index in [1.165, 1.54) is 17.1 Å². The molecule has 36 heavy (non-hydrogen) atoms. The van der Waals surface area contributed by atoms with Crippen LogP contribution in [0.1, 0.15) is 22.3 Å². The van der Waals surface area contributed by atoms with E-state index < -0.39 is 6.03 Å². The summed E-state index contributed by atoms with van der Waals surface area (Å²) in [4.78, 5) is 41.7. The number of amides is 2. The minimum atomic E-state index is -0.576. The Morgan fingerprint density at radius 3 is 1.17 bits per heavy atom. The first-order valence-electron chi connectivity index (χ1n) is 11.2. The first kappa shape index (κ1) is 24.0. The van der Waals surface area contributed by atoms with Crippen molar-refractivity contribution in [1.29, 1.82) is 0 Å². The molecule has 4 aromatic rings. The van der Waals surface area contributed by atoms with Crippen LogP contribution in [0.4, 0.5) is 27.5 Å². The lowest BCUT2D eigenvalue weighted by Gasteiger charge is -2.21. The second-order valence-electron chi connectivity index (χ2n) is 8.10. The number of carbonyl (C=O) groups excluding carboxylic acids is 3. The summed E-state index contributed by atoms with van der Waals surface area (Å²) in [7, 11) is 0. The predicted octanol–water partition coefficient (Wildman–Crippen LogP) is 6.02. The van der Waals surface area contributed by atoms with E-state index in [9.17, 15) is 14.4 Å². The van der Waals surface area contributed by atoms with Gasteiger partial charge in [0, 0.05) is 0 Å². The number of hydrogen-bond acceptors (Lipinski definition) is 5. The first-order valence-corrected chi connectivity index (χ1v) is 11.2. The first-order chi connectivity index (χ1) is 17.6. The number of hydrogen-bond donors (Lipinski definition) is 1. The molecule has 176 valence electrons. The summed E-state index contributed by atoms with van der Waals surface area (Å²) in [6.45, 7) is 0. The highest BCUT2D eigenvalue weighted by molar-refractivity contribution is 5.98. The minimum absolute atomic E-state index is 0.564. The third-order valence-corrected chi connectivity index (χ3v) is 5.65. The summed E-state index contributed by atoms with van der Waals surface area (Å²) >= 11 is 0. The molecule has 7 heteroatoms. The van der Waals surface area contributed by atoms with Gasteiger partial charge >= 0.3 is 6.03 Å². The van der Waals surface area contributed by atoms with Crippen molar-refractivity contribution in [3.63, 3.8) is 0 Å². The van der Waals surface area contributed by atoms with E-state index in [0.29, 0.717) is 35.6 Å². The summed E-state index contributed by atoms with van der Waals surface area (Å²) in [5.74, 6) is 0. The topological polar surface area (TPSA) is 105 Å². The molecule has 0 radical (unpaired) electrons. The lowest BCUT2D eigenvalue weighted by molar-refractivity contribution is 0.256. The molecule has 0 saturated heterocycles. The molecule has 2 amide bonds. The highest BCUT2D eigenvalue weighted by Gasteiger charge is 2.15. The number of isocyanates is 2. The van der Waals surface area contributed by atoms with Gasteiger partial charge in [-0.2, -0.15) is 9.98 Å². The zero-order valence-corrected chi connectivity index (χ0v) is 19.3. The van der Waals surface area contributed by atoms with Crippen molar-refractivity contribution in [2.75, 3.05) is 4.90 Å². The van der Waals surface area contributed by atoms with Gasteiger partial charge in [0.15, 0.2) is 0 Å². The smallest absolute Gasteiger partial charge is 0.323 e. The third-order valence-electron chi connectivity index (χ3n) is 5.65. The number of rotatable bonds is 8. The molecule has 0 saturated carbocycles. The molecule has 0 atom stereocenters. The molecule has 0 aliphatic carbocycles. The second-order valence-corrected chi connectivity index (χ2v) is 8.10. The third kappa shape index (κ3) is 6.07. The molecule has 0 aliphatic heterocycles. The number of benzene rings is 4. The average molecular weight is 475 g/mol. The van der Waals surface area contributed by atoms with Crippen LogP contribution in [0, 0.1) is 0 Å². The predicted molar refractivity (Wildman–Crippen MR) is 139 cm³/mol. The number of urea groups is 1. The van der Waals surface area contributed by atoms with Crippen LogP contribution >= 0.6 is 0 Å². The number of primary amides is 1. The maximum atomic E-state index is 12.3. The SMILES string of the molecule is NC(=O)N(c1ccc(Cc2ccc(N=C=O)cc2)cc1)c1ccc(Cc2ccc(N=C=O)cc2)cc1. The fourth-order valence-corrected chi connectivity index (χ4v) is 3.88. The van der Waals surface area contributed by atoms with E-state index in [1.54, 1.807) is 24.3 Å². The van der Waals surface area contributed by atoms with E-state index in [4.69, 9.17) is 5.73 Å². The van der Waals surface area contributed by atoms with Gasteiger partial charge in [-0.15, -0.1) is 0 Å². The van der Waals surface area contributed by atoms with Gasteiger partial charge in [-0.25, -0.2) is 14.4 Å². The van der Waals surface area contributed by atoms with Gasteiger partial charge in [-0.1, -0.05) is 48.5 Å². The molecule has 0 bridgehead atoms. The quantitative estimate of drug-likeness (QED) is 0.249. The van der Waals surface area contributed by atoms with E-state index in [1.807, 2.05) is 72.8 Å². The van der Waals surface area contributed by atoms with Crippen LogP contribution in [0.3, 0.4) is 0 Å². The van der Waals surface area contributed by atoms with Crippen LogP contribution in [-0.2, 0) is 22.4 Å². The summed E-state index contributed by atoms with van der Waals surface area (Å²) in [5, 5.41) is 0. The fraction of sp³-hybridized carbons (Fsp3) is 0.0690. The van der Waals surface area contributed by atoms with Crippen LogP contribution in [-0.4, -0.2) is 18.2 Å². The number of carbonyl (C=O) groups is 1. The molecule has 0 heterocycles. The average Bonchev–Trinajstić information content (AvgIpc) is 2.89. The standard InChI is InChI=1S/C29H22N4O3/c30-29(36)33(27-13-5-23(6-14-27)17-21-1-9-25(10-2-21)31-19-34)28-15-7-24(8-16-28)18-22-3-11-26(12-4-22)32-20-35/h1-16H,17-18H2,(H2,30,36). The molecular weight excluding hydrogens is 452 g/mol. The van der Waals surface area contributed by atoms with Gasteiger partial charge in [0.25, 0.3) is 0 Å². The molecule has 0 aliphatic rings. The Morgan fingerprint density at radius 1 is 0.583 bits per heavy atom. The lowest BCUT2D eigenvalue weighted by Crippen LogP contribution is -2.31. The van der Waals surface area contributed by atoms with Crippen molar-refractivity contribution < 1.29 is 14.4 Å². The van der Waals surface area contributed by atoms with Crippen LogP contribution < -0.4 is 10.6 Å². The maximum Gasteiger partial charge on any atom is 0.323 e. The Labute approximate surface area is 208 Å². The van der Waals surface area contributed by atoms with Crippen LogP contribution in [0.25, 0.3) is 0 Å². The van der Waals surface area contributed by atoms with Gasteiger partial charge in [-0.3, -0.25) is 4.90 Å². The largest absolute Gasteiger partial charge is 0.351 e. The Kier molecular flexibility index (Phi) is 7.59. The summed E-state index contributed by atoms with van der Waals surface area (Å²) in [6.07, 6.45) is 4.45. The Morgan fingerprint density at radius 2 is 0.889 bits per heavy atom. The van der Waals surface area contributed by atoms with Crippen molar-refractivity contribution >= 4 is 40.9 Å². The van der Waals surface area contributed by atoms with Crippen molar-refractivity contribution in [3.05, 3.63) is 119 Å². The van der Waals surface area contributed by atoms with Gasteiger partial charge in [0.1, 0.15) is 0 Å². The van der Waals surface area contributed by atoms with Crippen molar-refractivity contribution in [3.8, 4) is 0 Å². The van der Waals surface area contributed by atoms with Gasteiger partial charge in [0.05, 0.1) is 22.7 Å². The summed E-state index contributed by atoms with van der Waals surface area (Å²) in [5.41, 5.74) is 12.5. The Bertz CT molecular complexity index is 1330. The highest BCUT2D eigenvalue weighted by Crippen LogP contribution is 2.27. The monoisotopic (exact) mass is 474 g/mol. The molecule has 2 N–H and O–H groups in total. The molecule has 0 fully saturated rings. The lowest BCUT2D eigenvalue weighted by atomic mass is 10.0. The zero-order valence-electron chi connectivity index (χ0n) is 19.3. The molecule has 4 rings (SSSR count). The number of anilines is 2. The van der Waals surface area contributed by atoms with E-state index in [0.717, 1.165) is 22.3 Å². The van der Waals surface area contributed by atoms with Gasteiger partial charge < -0.3 is 5.73 Å². The van der Waals surface area contributed by atoms with E-state index in [-0.39, 0.29) is 0 Å². The minimum Gasteiger partial charge on any atom is -0.351 e. The fourth-order valence-electron chi connectivity index (χ4n) is 3.88. The molecule has 0 aromatic heterocycles. The van der Waals surface area contributed by atoms with Gasteiger partial charge in [-0.05, 0) is 83.6 Å². The summed E-state index contributed by atoms with van der Waals surface area (Å²) < 4.78 is 0. The van der Waals surface area contributed by atoms with Crippen molar-refractivity contribution in [1.82, 2.24) is 0 Å². The number of nitrogens with zero attached hydrogens (tertiary/aromatic N) is 3. The molecular formula is C29H22N4O3. The van der Waals surface area contributed by atoms with Crippen molar-refractivity contribution in [2.45, 2.75) is 12.8 Å². The second kappa shape index (κ2) is 11.4. The zero-order chi connectivity index (χ0) is 25.3. The molecule has 7 nitrogen and oxygen atoms in total. The van der Waals surface area contributed by atoms with Crippen LogP contribution in [0.2, 0.25) is 0 Å². The van der Waals surface area contributed by atoms with Crippen LogP contribution in [0.15, 0.2) is 107 Å². The molecule has 0 spiro atoms. The number of aliphatic imine (C=N–C) groups is 2. The highest BCUT2D eigenvalue weighted by atomic mass is 16.2. The molecule has 0 unspecified atom stereocenters. The Hall–Kier alpha value is -5.09. The van der Waals surface area contributed by atoms with E-state index in [2.05, 4.69) is 9.98 Å². The molecule has 4 aromatic carbocycles. The summed E-state index contributed by atoms with van der Waals surface area (Å²) in [6, 6.07) is 29.4. The van der Waals surface area contributed by atoms with E-state index >= 15 is 0 Å². The maximum absolute atomic E-state index is 12.3. The van der Waals surface area contributed by atoms with Gasteiger partial charge in [0.2, 0.25) is 12.2 Å².